The Hall–Kier alpha value is -2.76. The minimum Gasteiger partial charge on any atom is -0.290 e. The second-order valence-electron chi connectivity index (χ2n) is 3.38. The zero-order valence-electron chi connectivity index (χ0n) is 8.91. The van der Waals surface area contributed by atoms with Gasteiger partial charge in [0.2, 0.25) is 23.1 Å². The van der Waals surface area contributed by atoms with Crippen LogP contribution in [0.1, 0.15) is 0 Å². The molecule has 0 amide bonds. The molecular weight excluding hydrogens is 240 g/mol. The van der Waals surface area contributed by atoms with E-state index in [9.17, 15) is 19.2 Å². The van der Waals surface area contributed by atoms with Crippen molar-refractivity contribution in [1.29, 1.82) is 0 Å². The molecule has 0 aromatic rings. The molecule has 6 nitrogen and oxygen atoms in total. The first-order chi connectivity index (χ1) is 8.56. The molecule has 18 heavy (non-hydrogen) atoms. The van der Waals surface area contributed by atoms with Crippen LogP contribution in [0.4, 0.5) is 0 Å². The van der Waals surface area contributed by atoms with Gasteiger partial charge >= 0.3 is 0 Å². The molecule has 0 radical (unpaired) electrons. The molecular formula is C12H6O6. The third kappa shape index (κ3) is 2.49. The Balaban J connectivity index is 2.04. The van der Waals surface area contributed by atoms with Crippen LogP contribution in [-0.4, -0.2) is 23.1 Å². The number of hydrogen-bond acceptors (Lipinski definition) is 6. The van der Waals surface area contributed by atoms with Crippen LogP contribution in [0.25, 0.3) is 0 Å². The van der Waals surface area contributed by atoms with Gasteiger partial charge in [-0.3, -0.25) is 29.0 Å². The van der Waals surface area contributed by atoms with Crippen molar-refractivity contribution in [3.05, 3.63) is 48.0 Å². The molecule has 0 unspecified atom stereocenters. The molecule has 0 bridgehead atoms. The van der Waals surface area contributed by atoms with E-state index in [-0.39, 0.29) is 11.5 Å². The Morgan fingerprint density at radius 2 is 1.00 bits per heavy atom. The highest BCUT2D eigenvalue weighted by Gasteiger charge is 2.20. The zero-order chi connectivity index (χ0) is 13.1. The quantitative estimate of drug-likeness (QED) is 0.399. The number of carbonyl (C=O) groups excluding carboxylic acids is 4. The van der Waals surface area contributed by atoms with Gasteiger partial charge in [0.1, 0.15) is 0 Å². The highest BCUT2D eigenvalue weighted by atomic mass is 17.2. The number of hydrogen-bond donors (Lipinski definition) is 0. The fourth-order valence-corrected chi connectivity index (χ4v) is 1.20. The summed E-state index contributed by atoms with van der Waals surface area (Å²) in [6.07, 6.45) is 6.03. The summed E-state index contributed by atoms with van der Waals surface area (Å²) in [7, 11) is 0. The second-order valence-corrected chi connectivity index (χ2v) is 3.38. The predicted octanol–water partition coefficient (Wildman–Crippen LogP) is 0.118. The molecule has 2 rings (SSSR count). The zero-order valence-corrected chi connectivity index (χ0v) is 8.91. The van der Waals surface area contributed by atoms with E-state index in [4.69, 9.17) is 0 Å². The highest BCUT2D eigenvalue weighted by molar-refractivity contribution is 6.17. The minimum atomic E-state index is -0.569. The monoisotopic (exact) mass is 246 g/mol. The Labute approximate surface area is 101 Å². The highest BCUT2D eigenvalue weighted by Crippen LogP contribution is 2.13. The van der Waals surface area contributed by atoms with E-state index in [1.807, 2.05) is 0 Å². The summed E-state index contributed by atoms with van der Waals surface area (Å²) in [5.41, 5.74) is 0. The van der Waals surface area contributed by atoms with Crippen molar-refractivity contribution in [2.24, 2.45) is 0 Å². The lowest BCUT2D eigenvalue weighted by atomic mass is 10.1. The van der Waals surface area contributed by atoms with Crippen LogP contribution >= 0.6 is 0 Å². The summed E-state index contributed by atoms with van der Waals surface area (Å²) in [6.45, 7) is 0. The Morgan fingerprint density at radius 1 is 0.611 bits per heavy atom. The largest absolute Gasteiger partial charge is 0.290 e. The summed E-state index contributed by atoms with van der Waals surface area (Å²) in [4.78, 5) is 53.7. The van der Waals surface area contributed by atoms with Crippen molar-refractivity contribution in [3.8, 4) is 0 Å². The number of ketones is 4. The van der Waals surface area contributed by atoms with Gasteiger partial charge in [-0.2, -0.15) is 0 Å². The number of rotatable bonds is 3. The van der Waals surface area contributed by atoms with E-state index < -0.39 is 23.1 Å². The molecule has 0 aromatic heterocycles. The molecule has 2 aliphatic rings. The first kappa shape index (κ1) is 11.7. The van der Waals surface area contributed by atoms with Gasteiger partial charge in [0.05, 0.1) is 0 Å². The van der Waals surface area contributed by atoms with Crippen LogP contribution in [-0.2, 0) is 29.0 Å². The van der Waals surface area contributed by atoms with Gasteiger partial charge in [0.15, 0.2) is 11.6 Å². The van der Waals surface area contributed by atoms with Crippen LogP contribution in [0.3, 0.4) is 0 Å². The van der Waals surface area contributed by atoms with Crippen LogP contribution in [0.2, 0.25) is 0 Å². The maximum absolute atomic E-state index is 11.3. The molecule has 0 atom stereocenters. The summed E-state index contributed by atoms with van der Waals surface area (Å²) < 4.78 is 0. The normalized spacial score (nSPS) is 18.7. The summed E-state index contributed by atoms with van der Waals surface area (Å²) >= 11 is 0. The van der Waals surface area contributed by atoms with Gasteiger partial charge in [-0.1, -0.05) is 0 Å². The summed E-state index contributed by atoms with van der Waals surface area (Å²) in [5.74, 6) is -2.71. The summed E-state index contributed by atoms with van der Waals surface area (Å²) in [6, 6.07) is 0. The van der Waals surface area contributed by atoms with Gasteiger partial charge in [-0.05, 0) is 24.3 Å². The lowest BCUT2D eigenvalue weighted by molar-refractivity contribution is -0.225. The maximum atomic E-state index is 11.3. The lowest BCUT2D eigenvalue weighted by Crippen LogP contribution is -2.15. The minimum absolute atomic E-state index is 0.349. The molecule has 0 saturated carbocycles. The van der Waals surface area contributed by atoms with Crippen molar-refractivity contribution < 1.29 is 29.0 Å². The maximum Gasteiger partial charge on any atom is 0.229 e. The van der Waals surface area contributed by atoms with E-state index in [0.29, 0.717) is 0 Å². The van der Waals surface area contributed by atoms with Gasteiger partial charge < -0.3 is 0 Å². The van der Waals surface area contributed by atoms with Crippen LogP contribution in [0.5, 0.6) is 0 Å². The van der Waals surface area contributed by atoms with Crippen LogP contribution in [0.15, 0.2) is 48.0 Å². The van der Waals surface area contributed by atoms with E-state index in [0.717, 1.165) is 36.5 Å². The second kappa shape index (κ2) is 4.62. The molecule has 0 N–H and O–H groups in total. The topological polar surface area (TPSA) is 86.7 Å². The lowest BCUT2D eigenvalue weighted by Gasteiger charge is -2.10. The Kier molecular flexibility index (Phi) is 3.01. The van der Waals surface area contributed by atoms with Crippen molar-refractivity contribution in [1.82, 2.24) is 0 Å². The van der Waals surface area contributed by atoms with E-state index >= 15 is 0 Å². The first-order valence-electron chi connectivity index (χ1n) is 4.87. The molecule has 90 valence electrons. The third-order valence-corrected chi connectivity index (χ3v) is 2.05. The smallest absolute Gasteiger partial charge is 0.229 e. The SMILES string of the molecule is O=C1C=CC(=O)C(OOC2=CC(=O)C=CC2=O)=C1. The molecule has 0 fully saturated rings. The number of allylic oxidation sites excluding steroid dienone is 6. The molecule has 0 aromatic carbocycles. The third-order valence-electron chi connectivity index (χ3n) is 2.05. The van der Waals surface area contributed by atoms with Crippen LogP contribution in [0, 0.1) is 0 Å². The average Bonchev–Trinajstić information content (AvgIpc) is 2.34. The Morgan fingerprint density at radius 3 is 1.39 bits per heavy atom. The summed E-state index contributed by atoms with van der Waals surface area (Å²) in [5, 5.41) is 0. The predicted molar refractivity (Wildman–Crippen MR) is 56.6 cm³/mol. The molecule has 6 heteroatoms. The molecule has 2 aliphatic carbocycles. The van der Waals surface area contributed by atoms with Gasteiger partial charge in [0.25, 0.3) is 0 Å². The standard InChI is InChI=1S/C12H6O6/c13-7-1-3-9(15)11(5-7)17-18-12-6-8(14)2-4-10(12)16/h1-6H. The fraction of sp³-hybridized carbons (Fsp3) is 0. The van der Waals surface area contributed by atoms with Gasteiger partial charge in [-0.15, -0.1) is 0 Å². The fourth-order valence-electron chi connectivity index (χ4n) is 1.20. The molecule has 0 heterocycles. The van der Waals surface area contributed by atoms with Gasteiger partial charge in [-0.25, -0.2) is 0 Å². The van der Waals surface area contributed by atoms with Crippen molar-refractivity contribution in [2.45, 2.75) is 0 Å². The van der Waals surface area contributed by atoms with E-state index in [1.165, 1.54) is 0 Å². The molecule has 0 aliphatic heterocycles. The molecule has 0 saturated heterocycles. The Bertz CT molecular complexity index is 521. The average molecular weight is 246 g/mol. The van der Waals surface area contributed by atoms with Crippen LogP contribution < -0.4 is 0 Å². The van der Waals surface area contributed by atoms with Crippen molar-refractivity contribution in [2.75, 3.05) is 0 Å². The van der Waals surface area contributed by atoms with E-state index in [1.54, 1.807) is 0 Å². The molecule has 0 spiro atoms. The van der Waals surface area contributed by atoms with Crippen molar-refractivity contribution >= 4 is 23.1 Å². The van der Waals surface area contributed by atoms with Crippen molar-refractivity contribution in [3.63, 3.8) is 0 Å². The first-order valence-corrected chi connectivity index (χ1v) is 4.87. The van der Waals surface area contributed by atoms with E-state index in [2.05, 4.69) is 9.78 Å². The number of carbonyl (C=O) groups is 4. The van der Waals surface area contributed by atoms with Gasteiger partial charge in [0, 0.05) is 12.2 Å².